The largest absolute Gasteiger partial charge is 0.375 e. The highest BCUT2D eigenvalue weighted by Crippen LogP contribution is 2.62. The average Bonchev–Trinajstić information content (AvgIpc) is 3.90. The zero-order chi connectivity index (χ0) is 35.1. The molecule has 8 atom stereocenters. The molecule has 0 spiro atoms. The summed E-state index contributed by atoms with van der Waals surface area (Å²) < 4.78 is 48.3. The molecule has 8 aliphatic rings. The van der Waals surface area contributed by atoms with Gasteiger partial charge in [0, 0.05) is 0 Å². The summed E-state index contributed by atoms with van der Waals surface area (Å²) in [5, 5.41) is 0. The predicted molar refractivity (Wildman–Crippen MR) is 196 cm³/mol. The number of epoxide rings is 4. The molecule has 4 heterocycles. The molecule has 8 unspecified atom stereocenters. The van der Waals surface area contributed by atoms with Crippen LogP contribution in [0, 0.1) is 58.7 Å². The third kappa shape index (κ3) is 9.39. The van der Waals surface area contributed by atoms with Crippen molar-refractivity contribution in [3.63, 3.8) is 0 Å². The first kappa shape index (κ1) is 37.6. The second kappa shape index (κ2) is 16.4. The fraction of sp³-hybridized carbons (Fsp3) is 1.00. The van der Waals surface area contributed by atoms with Crippen LogP contribution in [0.15, 0.2) is 0 Å². The fourth-order valence-corrected chi connectivity index (χ4v) is 12.6. The first-order chi connectivity index (χ1) is 24.7. The summed E-state index contributed by atoms with van der Waals surface area (Å²) >= 11 is 0. The molecular weight excluding hydrogens is 644 g/mol. The number of hydrogen-bond donors (Lipinski definition) is 0. The maximum atomic E-state index is 6.64. The van der Waals surface area contributed by atoms with Crippen molar-refractivity contribution in [2.75, 3.05) is 52.9 Å². The molecule has 4 saturated heterocycles. The van der Waals surface area contributed by atoms with E-state index in [1.165, 1.54) is 77.0 Å². The van der Waals surface area contributed by atoms with E-state index in [1.54, 1.807) is 0 Å². The molecule has 0 aromatic carbocycles. The van der Waals surface area contributed by atoms with Crippen LogP contribution in [-0.2, 0) is 37.9 Å². The maximum Gasteiger partial charge on any atom is 0.104 e. The summed E-state index contributed by atoms with van der Waals surface area (Å²) in [6.45, 7) is 19.5. The molecule has 0 radical (unpaired) electrons. The highest BCUT2D eigenvalue weighted by molar-refractivity contribution is 5.05. The highest BCUT2D eigenvalue weighted by Gasteiger charge is 2.56. The van der Waals surface area contributed by atoms with Gasteiger partial charge in [0.2, 0.25) is 0 Å². The van der Waals surface area contributed by atoms with Crippen molar-refractivity contribution < 1.29 is 37.9 Å². The Balaban J connectivity index is 1.05. The maximum absolute atomic E-state index is 6.64. The molecule has 8 fully saturated rings. The lowest BCUT2D eigenvalue weighted by Gasteiger charge is -2.60. The molecule has 8 heteroatoms. The van der Waals surface area contributed by atoms with Crippen molar-refractivity contribution in [2.24, 2.45) is 58.7 Å². The Bertz CT molecular complexity index is 984. The van der Waals surface area contributed by atoms with Crippen molar-refractivity contribution in [2.45, 2.75) is 161 Å². The van der Waals surface area contributed by atoms with E-state index in [9.17, 15) is 0 Å². The first-order valence-electron chi connectivity index (χ1n) is 21.7. The van der Waals surface area contributed by atoms with Gasteiger partial charge < -0.3 is 37.9 Å². The Hall–Kier alpha value is -0.320. The lowest BCUT2D eigenvalue weighted by atomic mass is 9.46. The van der Waals surface area contributed by atoms with Gasteiger partial charge in [-0.1, -0.05) is 34.6 Å². The van der Waals surface area contributed by atoms with Crippen LogP contribution in [0.1, 0.15) is 112 Å². The third-order valence-electron chi connectivity index (χ3n) is 15.4. The van der Waals surface area contributed by atoms with E-state index in [1.807, 2.05) is 0 Å². The summed E-state index contributed by atoms with van der Waals surface area (Å²) in [5.41, 5.74) is 0.286. The first-order valence-corrected chi connectivity index (χ1v) is 21.7. The Labute approximate surface area is 309 Å². The van der Waals surface area contributed by atoms with Gasteiger partial charge in [0.05, 0.1) is 77.3 Å². The van der Waals surface area contributed by atoms with Gasteiger partial charge in [0.25, 0.3) is 0 Å². The standard InChI is InChI=1S/C43H72O8/c1-26-14-30(15-27(2)41(26)50-24-38-22-48-38)40(31-16-28(3)42(29(4)17-31)51-25-39-23-49-39)43(5,32-6-10-34(11-7-32)44-18-36-20-46-36)33-8-12-35(13-9-33)45-19-37-21-47-37/h26-42H,6-25H2,1-5H3. The van der Waals surface area contributed by atoms with Crippen LogP contribution >= 0.6 is 0 Å². The summed E-state index contributed by atoms with van der Waals surface area (Å²) in [7, 11) is 0. The molecule has 0 amide bonds. The summed E-state index contributed by atoms with van der Waals surface area (Å²) in [6, 6.07) is 0. The van der Waals surface area contributed by atoms with E-state index in [0.717, 1.165) is 76.5 Å². The average molecular weight is 717 g/mol. The summed E-state index contributed by atoms with van der Waals surface area (Å²) in [6.07, 6.45) is 18.0. The molecule has 8 nitrogen and oxygen atoms in total. The van der Waals surface area contributed by atoms with E-state index < -0.39 is 0 Å². The minimum atomic E-state index is 0.286. The zero-order valence-corrected chi connectivity index (χ0v) is 32.7. The van der Waals surface area contributed by atoms with Crippen LogP contribution < -0.4 is 0 Å². The van der Waals surface area contributed by atoms with Crippen LogP contribution in [0.4, 0.5) is 0 Å². The molecule has 292 valence electrons. The summed E-state index contributed by atoms with van der Waals surface area (Å²) in [5.74, 6) is 5.90. The number of hydrogen-bond acceptors (Lipinski definition) is 8. The summed E-state index contributed by atoms with van der Waals surface area (Å²) in [4.78, 5) is 0. The quantitative estimate of drug-likeness (QED) is 0.143. The minimum absolute atomic E-state index is 0.286. The smallest absolute Gasteiger partial charge is 0.104 e. The van der Waals surface area contributed by atoms with Crippen LogP contribution in [0.25, 0.3) is 0 Å². The van der Waals surface area contributed by atoms with Gasteiger partial charge in [-0.15, -0.1) is 0 Å². The van der Waals surface area contributed by atoms with Gasteiger partial charge in [0.15, 0.2) is 0 Å². The number of ether oxygens (including phenoxy) is 8. The molecule has 0 N–H and O–H groups in total. The SMILES string of the molecule is CC1CC(C(C2CC(C)C(OCC3CO3)C(C)C2)C(C)(C2CCC(OCC3CO3)CC2)C2CCC(OCC3CO3)CC2)CC(C)C1OCC1CO1. The van der Waals surface area contributed by atoms with E-state index in [2.05, 4.69) is 34.6 Å². The molecule has 4 aliphatic carbocycles. The van der Waals surface area contributed by atoms with Crippen LogP contribution in [0.3, 0.4) is 0 Å². The van der Waals surface area contributed by atoms with Gasteiger partial charge in [-0.2, -0.15) is 0 Å². The monoisotopic (exact) mass is 717 g/mol. The van der Waals surface area contributed by atoms with Crippen LogP contribution in [0.2, 0.25) is 0 Å². The van der Waals surface area contributed by atoms with E-state index in [4.69, 9.17) is 37.9 Å². The van der Waals surface area contributed by atoms with E-state index >= 15 is 0 Å². The zero-order valence-electron chi connectivity index (χ0n) is 32.7. The molecule has 0 aromatic rings. The lowest BCUT2D eigenvalue weighted by molar-refractivity contribution is -0.143. The van der Waals surface area contributed by atoms with E-state index in [-0.39, 0.29) is 5.41 Å². The van der Waals surface area contributed by atoms with E-state index in [0.29, 0.717) is 78.4 Å². The van der Waals surface area contributed by atoms with Crippen molar-refractivity contribution in [1.82, 2.24) is 0 Å². The Kier molecular flexibility index (Phi) is 12.1. The molecule has 8 rings (SSSR count). The second-order valence-corrected chi connectivity index (χ2v) is 19.3. The van der Waals surface area contributed by atoms with Crippen molar-refractivity contribution >= 4 is 0 Å². The molecule has 4 saturated carbocycles. The van der Waals surface area contributed by atoms with Crippen LogP contribution in [0.5, 0.6) is 0 Å². The minimum Gasteiger partial charge on any atom is -0.375 e. The molecular formula is C43H72O8. The van der Waals surface area contributed by atoms with Gasteiger partial charge in [0.1, 0.15) is 24.4 Å². The normalized spacial score (nSPS) is 48.4. The fourth-order valence-electron chi connectivity index (χ4n) is 12.6. The topological polar surface area (TPSA) is 87.0 Å². The van der Waals surface area contributed by atoms with Crippen molar-refractivity contribution in [1.29, 1.82) is 0 Å². The Morgan fingerprint density at radius 3 is 1.06 bits per heavy atom. The van der Waals surface area contributed by atoms with Gasteiger partial charge in [-0.25, -0.2) is 0 Å². The predicted octanol–water partition coefficient (Wildman–Crippen LogP) is 7.49. The third-order valence-corrected chi connectivity index (χ3v) is 15.4. The Morgan fingerprint density at radius 2 is 0.765 bits per heavy atom. The molecule has 51 heavy (non-hydrogen) atoms. The van der Waals surface area contributed by atoms with Crippen molar-refractivity contribution in [3.05, 3.63) is 0 Å². The highest BCUT2D eigenvalue weighted by atomic mass is 16.6. The molecule has 4 aliphatic heterocycles. The molecule has 0 bridgehead atoms. The molecule has 0 aromatic heterocycles. The van der Waals surface area contributed by atoms with Crippen LogP contribution in [-0.4, -0.2) is 102 Å². The number of rotatable bonds is 17. The van der Waals surface area contributed by atoms with Gasteiger partial charge in [-0.3, -0.25) is 0 Å². The lowest BCUT2D eigenvalue weighted by Crippen LogP contribution is -2.54. The van der Waals surface area contributed by atoms with Gasteiger partial charge >= 0.3 is 0 Å². The second-order valence-electron chi connectivity index (χ2n) is 19.3. The van der Waals surface area contributed by atoms with Gasteiger partial charge in [-0.05, 0) is 136 Å². The Morgan fingerprint density at radius 1 is 0.471 bits per heavy atom. The van der Waals surface area contributed by atoms with Crippen molar-refractivity contribution in [3.8, 4) is 0 Å².